The fraction of sp³-hybridized carbons (Fsp3) is 0.667. The molecule has 1 rings (SSSR count). The fourth-order valence-electron chi connectivity index (χ4n) is 0.926. The van der Waals surface area contributed by atoms with Crippen LogP contribution in [0.25, 0.3) is 0 Å². The number of rotatable bonds is 5. The molecule has 0 spiro atoms. The monoisotopic (exact) mass is 228 g/mol. The molecule has 0 bridgehead atoms. The number of esters is 1. The highest BCUT2D eigenvalue weighted by atomic mass is 16.5. The predicted octanol–water partition coefficient (Wildman–Crippen LogP) is 0.359. The number of methoxy groups -OCH3 is 1. The number of hydrogen-bond acceptors (Lipinski definition) is 6. The first-order chi connectivity index (χ1) is 7.44. The van der Waals surface area contributed by atoms with Gasteiger partial charge in [0, 0.05) is 13.5 Å². The van der Waals surface area contributed by atoms with Gasteiger partial charge < -0.3 is 15.2 Å². The summed E-state index contributed by atoms with van der Waals surface area (Å²) in [7, 11) is 1.61. The molecule has 0 atom stereocenters. The zero-order chi connectivity index (χ0) is 12.2. The minimum absolute atomic E-state index is 0.00715. The van der Waals surface area contributed by atoms with E-state index in [1.807, 2.05) is 13.8 Å². The van der Waals surface area contributed by atoms with E-state index in [0.29, 0.717) is 6.42 Å². The van der Waals surface area contributed by atoms with Crippen LogP contribution >= 0.6 is 0 Å². The van der Waals surface area contributed by atoms with E-state index in [9.17, 15) is 4.79 Å². The van der Waals surface area contributed by atoms with Gasteiger partial charge in [-0.15, -0.1) is 5.10 Å². The summed E-state index contributed by atoms with van der Waals surface area (Å²) in [5.74, 6) is -0.548. The number of ether oxygens (including phenoxy) is 2. The van der Waals surface area contributed by atoms with Crippen LogP contribution in [0.3, 0.4) is 0 Å². The fourth-order valence-corrected chi connectivity index (χ4v) is 0.926. The molecule has 1 aromatic rings. The molecule has 0 aliphatic heterocycles. The number of aromatic nitrogens is 3. The minimum Gasteiger partial charge on any atom is -0.460 e. The third-order valence-electron chi connectivity index (χ3n) is 2.19. The second kappa shape index (κ2) is 4.93. The van der Waals surface area contributed by atoms with Crippen LogP contribution in [0.2, 0.25) is 0 Å². The smallest absolute Gasteiger partial charge is 0.375 e. The first-order valence-corrected chi connectivity index (χ1v) is 4.85. The first kappa shape index (κ1) is 12.4. The van der Waals surface area contributed by atoms with Gasteiger partial charge in [0.25, 0.3) is 0 Å². The zero-order valence-corrected chi connectivity index (χ0v) is 9.61. The summed E-state index contributed by atoms with van der Waals surface area (Å²) < 4.78 is 10.2. The maximum atomic E-state index is 11.4. The van der Waals surface area contributed by atoms with Gasteiger partial charge in [0.05, 0.1) is 12.2 Å². The largest absolute Gasteiger partial charge is 0.460 e. The third-order valence-corrected chi connectivity index (χ3v) is 2.19. The molecule has 90 valence electrons. The lowest BCUT2D eigenvalue weighted by atomic mass is 10.1. The molecule has 0 amide bonds. The molecule has 7 heteroatoms. The Labute approximate surface area is 93.3 Å². The maximum Gasteiger partial charge on any atom is 0.375 e. The van der Waals surface area contributed by atoms with Crippen LogP contribution < -0.4 is 5.73 Å². The van der Waals surface area contributed by atoms with E-state index in [1.54, 1.807) is 7.11 Å². The Bertz CT molecular complexity index is 361. The van der Waals surface area contributed by atoms with Crippen molar-refractivity contribution in [2.24, 2.45) is 0 Å². The molecule has 1 heterocycles. The van der Waals surface area contributed by atoms with Crippen molar-refractivity contribution in [3.63, 3.8) is 0 Å². The van der Waals surface area contributed by atoms with Crippen LogP contribution in [0.4, 0.5) is 5.95 Å². The summed E-state index contributed by atoms with van der Waals surface area (Å²) in [5, 5.41) is 5.90. The lowest BCUT2D eigenvalue weighted by Crippen LogP contribution is -2.25. The SMILES string of the molecule is COC(C)(C)CCOC(=O)c1nc(N)n[nH]1. The van der Waals surface area contributed by atoms with Crippen molar-refractivity contribution in [1.29, 1.82) is 0 Å². The number of carbonyl (C=O) groups is 1. The molecule has 0 radical (unpaired) electrons. The van der Waals surface area contributed by atoms with Crippen LogP contribution in [0.15, 0.2) is 0 Å². The normalized spacial score (nSPS) is 11.4. The van der Waals surface area contributed by atoms with Crippen molar-refractivity contribution in [2.75, 3.05) is 19.5 Å². The molecular weight excluding hydrogens is 212 g/mol. The average molecular weight is 228 g/mol. The van der Waals surface area contributed by atoms with Gasteiger partial charge in [0.15, 0.2) is 0 Å². The van der Waals surface area contributed by atoms with Gasteiger partial charge in [-0.05, 0) is 13.8 Å². The first-order valence-electron chi connectivity index (χ1n) is 4.85. The molecule has 0 aliphatic carbocycles. The van der Waals surface area contributed by atoms with Gasteiger partial charge in [0.2, 0.25) is 11.8 Å². The average Bonchev–Trinajstić information content (AvgIpc) is 2.64. The molecule has 0 saturated carbocycles. The molecule has 1 aromatic heterocycles. The summed E-state index contributed by atoms with van der Waals surface area (Å²) in [4.78, 5) is 15.0. The molecule has 0 aliphatic rings. The van der Waals surface area contributed by atoms with Crippen molar-refractivity contribution >= 4 is 11.9 Å². The quantitative estimate of drug-likeness (QED) is 0.705. The van der Waals surface area contributed by atoms with Crippen LogP contribution in [0, 0.1) is 0 Å². The van der Waals surface area contributed by atoms with Gasteiger partial charge in [-0.3, -0.25) is 5.10 Å². The maximum absolute atomic E-state index is 11.4. The Morgan fingerprint density at radius 3 is 2.75 bits per heavy atom. The van der Waals surface area contributed by atoms with Crippen molar-refractivity contribution in [1.82, 2.24) is 15.2 Å². The molecular formula is C9H16N4O3. The lowest BCUT2D eigenvalue weighted by Gasteiger charge is -2.22. The Hall–Kier alpha value is -1.63. The Morgan fingerprint density at radius 2 is 2.25 bits per heavy atom. The highest BCUT2D eigenvalue weighted by Crippen LogP contribution is 2.12. The lowest BCUT2D eigenvalue weighted by molar-refractivity contribution is -0.00598. The number of hydrogen-bond donors (Lipinski definition) is 2. The van der Waals surface area contributed by atoms with Crippen molar-refractivity contribution < 1.29 is 14.3 Å². The van der Waals surface area contributed by atoms with Gasteiger partial charge in [-0.25, -0.2) is 4.79 Å². The second-order valence-corrected chi connectivity index (χ2v) is 3.89. The zero-order valence-electron chi connectivity index (χ0n) is 9.61. The molecule has 3 N–H and O–H groups in total. The van der Waals surface area contributed by atoms with Crippen LogP contribution in [-0.2, 0) is 9.47 Å². The van der Waals surface area contributed by atoms with Crippen LogP contribution in [0.5, 0.6) is 0 Å². The number of aromatic amines is 1. The summed E-state index contributed by atoms with van der Waals surface area (Å²) >= 11 is 0. The number of carbonyl (C=O) groups excluding carboxylic acids is 1. The Balaban J connectivity index is 2.37. The van der Waals surface area contributed by atoms with Gasteiger partial charge in [-0.1, -0.05) is 0 Å². The number of nitrogen functional groups attached to an aromatic ring is 1. The summed E-state index contributed by atoms with van der Waals surface area (Å²) in [6.45, 7) is 4.07. The van der Waals surface area contributed by atoms with Gasteiger partial charge in [0.1, 0.15) is 0 Å². The topological polar surface area (TPSA) is 103 Å². The van der Waals surface area contributed by atoms with E-state index in [0.717, 1.165) is 0 Å². The van der Waals surface area contributed by atoms with Gasteiger partial charge >= 0.3 is 5.97 Å². The highest BCUT2D eigenvalue weighted by molar-refractivity contribution is 5.85. The van der Waals surface area contributed by atoms with E-state index in [2.05, 4.69) is 15.2 Å². The summed E-state index contributed by atoms with van der Waals surface area (Å²) in [5.41, 5.74) is 4.94. The number of nitrogens with one attached hydrogen (secondary N) is 1. The molecule has 0 fully saturated rings. The van der Waals surface area contributed by atoms with Crippen molar-refractivity contribution in [3.8, 4) is 0 Å². The van der Waals surface area contributed by atoms with Crippen LogP contribution in [0.1, 0.15) is 30.9 Å². The van der Waals surface area contributed by atoms with E-state index in [1.165, 1.54) is 0 Å². The number of anilines is 1. The number of nitrogens with zero attached hydrogens (tertiary/aromatic N) is 2. The van der Waals surface area contributed by atoms with E-state index in [-0.39, 0.29) is 24.0 Å². The second-order valence-electron chi connectivity index (χ2n) is 3.89. The third kappa shape index (κ3) is 3.50. The summed E-state index contributed by atoms with van der Waals surface area (Å²) in [6.07, 6.45) is 0.596. The number of nitrogens with two attached hydrogens (primary N) is 1. The Kier molecular flexibility index (Phi) is 3.83. The van der Waals surface area contributed by atoms with E-state index in [4.69, 9.17) is 15.2 Å². The molecule has 0 aromatic carbocycles. The Morgan fingerprint density at radius 1 is 1.56 bits per heavy atom. The standard InChI is InChI=1S/C9H16N4O3/c1-9(2,15-3)4-5-16-7(14)6-11-8(10)13-12-6/h4-5H2,1-3H3,(H3,10,11,12,13). The molecule has 16 heavy (non-hydrogen) atoms. The summed E-state index contributed by atoms with van der Waals surface area (Å²) in [6, 6.07) is 0. The molecule has 7 nitrogen and oxygen atoms in total. The molecule has 0 saturated heterocycles. The van der Waals surface area contributed by atoms with E-state index < -0.39 is 5.97 Å². The number of H-pyrrole nitrogens is 1. The van der Waals surface area contributed by atoms with Crippen molar-refractivity contribution in [3.05, 3.63) is 5.82 Å². The highest BCUT2D eigenvalue weighted by Gasteiger charge is 2.18. The van der Waals surface area contributed by atoms with Crippen molar-refractivity contribution in [2.45, 2.75) is 25.9 Å². The minimum atomic E-state index is -0.573. The molecule has 0 unspecified atom stereocenters. The van der Waals surface area contributed by atoms with E-state index >= 15 is 0 Å². The van der Waals surface area contributed by atoms with Crippen LogP contribution in [-0.4, -0.2) is 40.5 Å². The predicted molar refractivity (Wildman–Crippen MR) is 56.8 cm³/mol. The van der Waals surface area contributed by atoms with Gasteiger partial charge in [-0.2, -0.15) is 4.98 Å².